The zero-order valence-electron chi connectivity index (χ0n) is 13.8. The number of carbonyl (C=O) groups is 1. The van der Waals surface area contributed by atoms with E-state index in [2.05, 4.69) is 0 Å². The van der Waals surface area contributed by atoms with Crippen molar-refractivity contribution < 1.29 is 19.4 Å². The number of methoxy groups -OCH3 is 2. The topological polar surface area (TPSA) is 59.0 Å². The third kappa shape index (κ3) is 2.78. The SMILES string of the molecule is COC(=O)N1CC[C@]2(O)CCCC[C@H]2[C@H]1c1ccccc1OC. The van der Waals surface area contributed by atoms with Crippen LogP contribution in [-0.4, -0.2) is 42.5 Å². The van der Waals surface area contributed by atoms with Gasteiger partial charge in [-0.3, -0.25) is 0 Å². The van der Waals surface area contributed by atoms with E-state index in [1.807, 2.05) is 24.3 Å². The maximum absolute atomic E-state index is 12.3. The molecule has 0 aromatic heterocycles. The van der Waals surface area contributed by atoms with Crippen molar-refractivity contribution in [2.45, 2.75) is 43.7 Å². The van der Waals surface area contributed by atoms with Crippen molar-refractivity contribution in [3.63, 3.8) is 0 Å². The molecule has 23 heavy (non-hydrogen) atoms. The summed E-state index contributed by atoms with van der Waals surface area (Å²) in [7, 11) is 3.04. The lowest BCUT2D eigenvalue weighted by Gasteiger charge is -2.52. The van der Waals surface area contributed by atoms with Crippen molar-refractivity contribution in [1.82, 2.24) is 4.90 Å². The second-order valence-electron chi connectivity index (χ2n) is 6.56. The number of carbonyl (C=O) groups excluding carboxylic acids is 1. The van der Waals surface area contributed by atoms with Gasteiger partial charge in [0.15, 0.2) is 0 Å². The Balaban J connectivity index is 2.06. The summed E-state index contributed by atoms with van der Waals surface area (Å²) in [6.45, 7) is 0.502. The molecule has 3 atom stereocenters. The fraction of sp³-hybridized carbons (Fsp3) is 0.611. The lowest BCUT2D eigenvalue weighted by molar-refractivity contribution is -0.118. The molecule has 1 saturated carbocycles. The van der Waals surface area contributed by atoms with Gasteiger partial charge in [-0.05, 0) is 25.3 Å². The number of aliphatic hydroxyl groups is 1. The van der Waals surface area contributed by atoms with Crippen LogP contribution in [0, 0.1) is 5.92 Å². The standard InChI is InChI=1S/C18H25NO4/c1-22-15-9-4-3-7-13(15)16-14-8-5-6-10-18(14,21)11-12-19(16)17(20)23-2/h3-4,7,9,14,16,21H,5-6,8,10-12H2,1-2H3/t14-,16+,18+/m0/s1. The van der Waals surface area contributed by atoms with E-state index in [9.17, 15) is 9.90 Å². The second kappa shape index (κ2) is 6.40. The number of likely N-dealkylation sites (tertiary alicyclic amines) is 1. The molecule has 1 saturated heterocycles. The highest BCUT2D eigenvalue weighted by Crippen LogP contribution is 2.50. The molecular formula is C18H25NO4. The Hall–Kier alpha value is -1.75. The van der Waals surface area contributed by atoms with Crippen molar-refractivity contribution >= 4 is 6.09 Å². The second-order valence-corrected chi connectivity index (χ2v) is 6.56. The number of ether oxygens (including phenoxy) is 2. The van der Waals surface area contributed by atoms with Gasteiger partial charge in [0.2, 0.25) is 0 Å². The smallest absolute Gasteiger partial charge is 0.410 e. The lowest BCUT2D eigenvalue weighted by Crippen LogP contribution is -2.56. The Labute approximate surface area is 137 Å². The average molecular weight is 319 g/mol. The number of nitrogens with zero attached hydrogens (tertiary/aromatic N) is 1. The molecule has 5 nitrogen and oxygen atoms in total. The summed E-state index contributed by atoms with van der Waals surface area (Å²) in [5.41, 5.74) is 0.249. The summed E-state index contributed by atoms with van der Waals surface area (Å²) < 4.78 is 10.5. The van der Waals surface area contributed by atoms with Gasteiger partial charge in [0, 0.05) is 18.0 Å². The lowest BCUT2D eigenvalue weighted by atomic mass is 9.66. The van der Waals surface area contributed by atoms with Crippen LogP contribution in [0.15, 0.2) is 24.3 Å². The molecule has 5 heteroatoms. The molecule has 2 aliphatic rings. The van der Waals surface area contributed by atoms with E-state index >= 15 is 0 Å². The number of benzene rings is 1. The molecule has 1 aliphatic carbocycles. The summed E-state index contributed by atoms with van der Waals surface area (Å²) in [5.74, 6) is 0.765. The summed E-state index contributed by atoms with van der Waals surface area (Å²) in [6, 6.07) is 7.55. The number of piperidine rings is 1. The third-order valence-electron chi connectivity index (χ3n) is 5.43. The van der Waals surface area contributed by atoms with Crippen LogP contribution in [0.25, 0.3) is 0 Å². The molecule has 1 aliphatic heterocycles. The number of para-hydroxylation sites is 1. The molecule has 1 N–H and O–H groups in total. The highest BCUT2D eigenvalue weighted by atomic mass is 16.5. The molecule has 0 radical (unpaired) electrons. The summed E-state index contributed by atoms with van der Waals surface area (Å²) in [5, 5.41) is 11.1. The number of hydrogen-bond acceptors (Lipinski definition) is 4. The zero-order chi connectivity index (χ0) is 16.4. The average Bonchev–Trinajstić information content (AvgIpc) is 2.59. The van der Waals surface area contributed by atoms with Gasteiger partial charge in [-0.25, -0.2) is 4.79 Å². The molecule has 1 amide bonds. The van der Waals surface area contributed by atoms with E-state index in [1.165, 1.54) is 7.11 Å². The Morgan fingerprint density at radius 1 is 1.26 bits per heavy atom. The first-order valence-corrected chi connectivity index (χ1v) is 8.30. The Bertz CT molecular complexity index is 576. The molecule has 0 bridgehead atoms. The summed E-state index contributed by atoms with van der Waals surface area (Å²) in [6.07, 6.45) is 4.11. The van der Waals surface area contributed by atoms with Crippen LogP contribution >= 0.6 is 0 Å². The van der Waals surface area contributed by atoms with E-state index in [1.54, 1.807) is 12.0 Å². The van der Waals surface area contributed by atoms with Crippen LogP contribution in [0.3, 0.4) is 0 Å². The fourth-order valence-electron chi connectivity index (χ4n) is 4.30. The van der Waals surface area contributed by atoms with Crippen LogP contribution in [0.2, 0.25) is 0 Å². The molecule has 0 unspecified atom stereocenters. The molecular weight excluding hydrogens is 294 g/mol. The molecule has 3 rings (SSSR count). The van der Waals surface area contributed by atoms with Gasteiger partial charge in [0.25, 0.3) is 0 Å². The normalized spacial score (nSPS) is 30.5. The minimum absolute atomic E-state index is 0.0143. The van der Waals surface area contributed by atoms with Crippen LogP contribution in [0.5, 0.6) is 5.75 Å². The van der Waals surface area contributed by atoms with Crippen molar-refractivity contribution in [1.29, 1.82) is 0 Å². The number of fused-ring (bicyclic) bond motifs is 1. The minimum atomic E-state index is -0.700. The van der Waals surface area contributed by atoms with Gasteiger partial charge in [0.05, 0.1) is 25.9 Å². The maximum Gasteiger partial charge on any atom is 0.410 e. The fourth-order valence-corrected chi connectivity index (χ4v) is 4.30. The number of amides is 1. The van der Waals surface area contributed by atoms with E-state index < -0.39 is 5.60 Å². The summed E-state index contributed by atoms with van der Waals surface area (Å²) >= 11 is 0. The highest BCUT2D eigenvalue weighted by Gasteiger charge is 2.51. The van der Waals surface area contributed by atoms with Gasteiger partial charge in [-0.2, -0.15) is 0 Å². The van der Waals surface area contributed by atoms with E-state index in [4.69, 9.17) is 9.47 Å². The predicted molar refractivity (Wildman–Crippen MR) is 86.4 cm³/mol. The zero-order valence-corrected chi connectivity index (χ0v) is 13.8. The van der Waals surface area contributed by atoms with Gasteiger partial charge >= 0.3 is 6.09 Å². The molecule has 1 aromatic carbocycles. The van der Waals surface area contributed by atoms with Crippen molar-refractivity contribution in [3.05, 3.63) is 29.8 Å². The van der Waals surface area contributed by atoms with Gasteiger partial charge in [-0.15, -0.1) is 0 Å². The quantitative estimate of drug-likeness (QED) is 0.910. The summed E-state index contributed by atoms with van der Waals surface area (Å²) in [4.78, 5) is 14.1. The van der Waals surface area contributed by atoms with Gasteiger partial charge in [0.1, 0.15) is 5.75 Å². The van der Waals surface area contributed by atoms with E-state index in [0.717, 1.165) is 37.0 Å². The van der Waals surface area contributed by atoms with Gasteiger partial charge in [-0.1, -0.05) is 31.0 Å². The number of hydrogen-bond donors (Lipinski definition) is 1. The molecule has 2 fully saturated rings. The Kier molecular flexibility index (Phi) is 4.48. The Morgan fingerprint density at radius 3 is 2.78 bits per heavy atom. The largest absolute Gasteiger partial charge is 0.496 e. The van der Waals surface area contributed by atoms with Crippen molar-refractivity contribution in [2.24, 2.45) is 5.92 Å². The maximum atomic E-state index is 12.3. The first-order chi connectivity index (χ1) is 11.1. The van der Waals surface area contributed by atoms with E-state index in [0.29, 0.717) is 13.0 Å². The number of rotatable bonds is 2. The monoisotopic (exact) mass is 319 g/mol. The molecule has 1 heterocycles. The van der Waals surface area contributed by atoms with Gasteiger partial charge < -0.3 is 19.5 Å². The third-order valence-corrected chi connectivity index (χ3v) is 5.43. The van der Waals surface area contributed by atoms with Crippen LogP contribution in [0.1, 0.15) is 43.7 Å². The highest BCUT2D eigenvalue weighted by molar-refractivity contribution is 5.69. The van der Waals surface area contributed by atoms with Crippen LogP contribution < -0.4 is 4.74 Å². The van der Waals surface area contributed by atoms with Crippen LogP contribution in [-0.2, 0) is 4.74 Å². The Morgan fingerprint density at radius 2 is 2.04 bits per heavy atom. The van der Waals surface area contributed by atoms with E-state index in [-0.39, 0.29) is 18.1 Å². The minimum Gasteiger partial charge on any atom is -0.496 e. The van der Waals surface area contributed by atoms with Crippen LogP contribution in [0.4, 0.5) is 4.79 Å². The molecule has 1 aromatic rings. The van der Waals surface area contributed by atoms with Crippen molar-refractivity contribution in [2.75, 3.05) is 20.8 Å². The molecule has 126 valence electrons. The van der Waals surface area contributed by atoms with Crippen molar-refractivity contribution in [3.8, 4) is 5.75 Å². The first-order valence-electron chi connectivity index (χ1n) is 8.30. The molecule has 0 spiro atoms. The first kappa shape index (κ1) is 16.1. The predicted octanol–water partition coefficient (Wildman–Crippen LogP) is 3.13.